The van der Waals surface area contributed by atoms with E-state index in [9.17, 15) is 9.59 Å². The lowest BCUT2D eigenvalue weighted by molar-refractivity contribution is -0.116. The average Bonchev–Trinajstić information content (AvgIpc) is 3.21. The molecule has 3 aromatic rings. The third-order valence-corrected chi connectivity index (χ3v) is 3.92. The second-order valence-corrected chi connectivity index (χ2v) is 6.13. The number of aromatic nitrogens is 3. The number of anilines is 1. The SMILES string of the molecule is CCCNC(=O)c1ccc(NC(=O)CCc2nc(-c3cccnc3)no2)cc1. The molecule has 8 heteroatoms. The van der Waals surface area contributed by atoms with Crippen LogP contribution in [0.15, 0.2) is 53.3 Å². The Kier molecular flexibility index (Phi) is 6.46. The summed E-state index contributed by atoms with van der Waals surface area (Å²) in [7, 11) is 0. The summed E-state index contributed by atoms with van der Waals surface area (Å²) in [5.74, 6) is 0.530. The minimum Gasteiger partial charge on any atom is -0.352 e. The first-order valence-corrected chi connectivity index (χ1v) is 9.07. The third-order valence-electron chi connectivity index (χ3n) is 3.92. The minimum atomic E-state index is -0.177. The molecule has 3 rings (SSSR count). The van der Waals surface area contributed by atoms with E-state index in [4.69, 9.17) is 4.52 Å². The van der Waals surface area contributed by atoms with Gasteiger partial charge in [0, 0.05) is 48.6 Å². The first-order chi connectivity index (χ1) is 13.7. The summed E-state index contributed by atoms with van der Waals surface area (Å²) in [6.45, 7) is 2.63. The number of hydrogen-bond acceptors (Lipinski definition) is 6. The predicted octanol–water partition coefficient (Wildman–Crippen LogP) is 2.84. The summed E-state index contributed by atoms with van der Waals surface area (Å²) in [4.78, 5) is 32.3. The van der Waals surface area contributed by atoms with Crippen molar-refractivity contribution in [1.29, 1.82) is 0 Å². The number of pyridine rings is 1. The third kappa shape index (κ3) is 5.23. The number of rotatable bonds is 8. The van der Waals surface area contributed by atoms with E-state index in [1.54, 1.807) is 42.7 Å². The Morgan fingerprint density at radius 3 is 2.68 bits per heavy atom. The quantitative estimate of drug-likeness (QED) is 0.623. The molecular weight excluding hydrogens is 358 g/mol. The normalized spacial score (nSPS) is 10.5. The Hall–Kier alpha value is -3.55. The molecule has 0 saturated heterocycles. The van der Waals surface area contributed by atoms with Crippen LogP contribution >= 0.6 is 0 Å². The predicted molar refractivity (Wildman–Crippen MR) is 104 cm³/mol. The van der Waals surface area contributed by atoms with Crippen LogP contribution in [0.1, 0.15) is 36.0 Å². The molecule has 2 heterocycles. The second-order valence-electron chi connectivity index (χ2n) is 6.13. The van der Waals surface area contributed by atoms with Crippen molar-refractivity contribution in [2.24, 2.45) is 0 Å². The van der Waals surface area contributed by atoms with Crippen molar-refractivity contribution in [3.05, 3.63) is 60.2 Å². The Bertz CT molecular complexity index is 923. The summed E-state index contributed by atoms with van der Waals surface area (Å²) < 4.78 is 5.18. The van der Waals surface area contributed by atoms with Gasteiger partial charge in [0.1, 0.15) is 0 Å². The van der Waals surface area contributed by atoms with Gasteiger partial charge in [-0.1, -0.05) is 12.1 Å². The number of aryl methyl sites for hydroxylation is 1. The van der Waals surface area contributed by atoms with Gasteiger partial charge in [0.05, 0.1) is 0 Å². The standard InChI is InChI=1S/C20H21N5O3/c1-2-11-22-20(27)14-5-7-16(8-6-14)23-17(26)9-10-18-24-19(25-28-18)15-4-3-12-21-13-15/h3-8,12-13H,2,9-11H2,1H3,(H,22,27)(H,23,26). The zero-order valence-corrected chi connectivity index (χ0v) is 15.5. The van der Waals surface area contributed by atoms with Crippen LogP contribution in [-0.2, 0) is 11.2 Å². The van der Waals surface area contributed by atoms with Gasteiger partial charge in [0.25, 0.3) is 5.91 Å². The fraction of sp³-hybridized carbons (Fsp3) is 0.250. The van der Waals surface area contributed by atoms with Crippen LogP contribution in [0.3, 0.4) is 0 Å². The van der Waals surface area contributed by atoms with E-state index in [0.717, 1.165) is 12.0 Å². The largest absolute Gasteiger partial charge is 0.352 e. The van der Waals surface area contributed by atoms with Crippen molar-refractivity contribution in [3.63, 3.8) is 0 Å². The van der Waals surface area contributed by atoms with E-state index < -0.39 is 0 Å². The van der Waals surface area contributed by atoms with Crippen molar-refractivity contribution in [2.45, 2.75) is 26.2 Å². The number of benzene rings is 1. The topological polar surface area (TPSA) is 110 Å². The second kappa shape index (κ2) is 9.40. The summed E-state index contributed by atoms with van der Waals surface area (Å²) >= 11 is 0. The molecule has 0 atom stereocenters. The first-order valence-electron chi connectivity index (χ1n) is 9.07. The molecule has 2 amide bonds. The van der Waals surface area contributed by atoms with Crippen LogP contribution in [0, 0.1) is 0 Å². The van der Waals surface area contributed by atoms with Crippen LogP contribution in [0.5, 0.6) is 0 Å². The lowest BCUT2D eigenvalue weighted by atomic mass is 10.2. The van der Waals surface area contributed by atoms with Gasteiger partial charge < -0.3 is 15.2 Å². The fourth-order valence-electron chi connectivity index (χ4n) is 2.46. The highest BCUT2D eigenvalue weighted by atomic mass is 16.5. The Morgan fingerprint density at radius 1 is 1.14 bits per heavy atom. The van der Waals surface area contributed by atoms with E-state index in [1.165, 1.54) is 0 Å². The highest BCUT2D eigenvalue weighted by Crippen LogP contribution is 2.15. The van der Waals surface area contributed by atoms with Gasteiger partial charge in [-0.2, -0.15) is 4.98 Å². The molecule has 0 aliphatic carbocycles. The zero-order chi connectivity index (χ0) is 19.8. The number of carbonyl (C=O) groups is 2. The number of hydrogen-bond donors (Lipinski definition) is 2. The summed E-state index contributed by atoms with van der Waals surface area (Å²) in [5, 5.41) is 9.50. The summed E-state index contributed by atoms with van der Waals surface area (Å²) in [5.41, 5.74) is 1.93. The van der Waals surface area contributed by atoms with Crippen LogP contribution in [0.2, 0.25) is 0 Å². The molecule has 2 N–H and O–H groups in total. The van der Waals surface area contributed by atoms with E-state index in [0.29, 0.717) is 35.9 Å². The van der Waals surface area contributed by atoms with Crippen LogP contribution in [-0.4, -0.2) is 33.5 Å². The molecule has 0 bridgehead atoms. The van der Waals surface area contributed by atoms with E-state index in [-0.39, 0.29) is 18.2 Å². The molecule has 0 unspecified atom stereocenters. The first kappa shape index (κ1) is 19.2. The minimum absolute atomic E-state index is 0.124. The molecular formula is C20H21N5O3. The van der Waals surface area contributed by atoms with Gasteiger partial charge in [0.15, 0.2) is 0 Å². The highest BCUT2D eigenvalue weighted by molar-refractivity contribution is 5.95. The number of carbonyl (C=O) groups excluding carboxylic acids is 2. The monoisotopic (exact) mass is 379 g/mol. The van der Waals surface area contributed by atoms with Gasteiger partial charge in [-0.3, -0.25) is 14.6 Å². The molecule has 0 aliphatic heterocycles. The molecule has 0 radical (unpaired) electrons. The maximum absolute atomic E-state index is 12.1. The molecule has 28 heavy (non-hydrogen) atoms. The van der Waals surface area contributed by atoms with Crippen molar-refractivity contribution in [1.82, 2.24) is 20.4 Å². The smallest absolute Gasteiger partial charge is 0.251 e. The zero-order valence-electron chi connectivity index (χ0n) is 15.5. The molecule has 0 fully saturated rings. The Morgan fingerprint density at radius 2 is 1.96 bits per heavy atom. The Balaban J connectivity index is 1.49. The van der Waals surface area contributed by atoms with E-state index in [2.05, 4.69) is 25.8 Å². The number of amides is 2. The van der Waals surface area contributed by atoms with Gasteiger partial charge in [-0.15, -0.1) is 0 Å². The van der Waals surface area contributed by atoms with Crippen LogP contribution in [0.25, 0.3) is 11.4 Å². The van der Waals surface area contributed by atoms with Gasteiger partial charge in [0.2, 0.25) is 17.6 Å². The van der Waals surface area contributed by atoms with E-state index in [1.807, 2.05) is 13.0 Å². The van der Waals surface area contributed by atoms with Crippen molar-refractivity contribution >= 4 is 17.5 Å². The van der Waals surface area contributed by atoms with Crippen LogP contribution in [0.4, 0.5) is 5.69 Å². The lowest BCUT2D eigenvalue weighted by Crippen LogP contribution is -2.23. The maximum Gasteiger partial charge on any atom is 0.251 e. The fourth-order valence-corrected chi connectivity index (χ4v) is 2.46. The van der Waals surface area contributed by atoms with Crippen LogP contribution < -0.4 is 10.6 Å². The van der Waals surface area contributed by atoms with Gasteiger partial charge in [-0.05, 0) is 42.8 Å². The van der Waals surface area contributed by atoms with E-state index >= 15 is 0 Å². The number of nitrogens with zero attached hydrogens (tertiary/aromatic N) is 3. The molecule has 0 aliphatic rings. The van der Waals surface area contributed by atoms with Crippen molar-refractivity contribution in [3.8, 4) is 11.4 Å². The Labute approximate surface area is 162 Å². The molecule has 0 saturated carbocycles. The van der Waals surface area contributed by atoms with Crippen molar-refractivity contribution < 1.29 is 14.1 Å². The lowest BCUT2D eigenvalue weighted by Gasteiger charge is -2.06. The van der Waals surface area contributed by atoms with Gasteiger partial charge >= 0.3 is 0 Å². The average molecular weight is 379 g/mol. The summed E-state index contributed by atoms with van der Waals surface area (Å²) in [6.07, 6.45) is 4.72. The maximum atomic E-state index is 12.1. The molecule has 0 spiro atoms. The molecule has 2 aromatic heterocycles. The molecule has 1 aromatic carbocycles. The highest BCUT2D eigenvalue weighted by Gasteiger charge is 2.11. The molecule has 144 valence electrons. The van der Waals surface area contributed by atoms with Gasteiger partial charge in [-0.25, -0.2) is 0 Å². The summed E-state index contributed by atoms with van der Waals surface area (Å²) in [6, 6.07) is 10.4. The number of nitrogens with one attached hydrogen (secondary N) is 2. The molecule has 8 nitrogen and oxygen atoms in total. The van der Waals surface area contributed by atoms with Crippen molar-refractivity contribution in [2.75, 3.05) is 11.9 Å².